The first-order valence-corrected chi connectivity index (χ1v) is 9.60. The lowest BCUT2D eigenvalue weighted by atomic mass is 10.1. The van der Waals surface area contributed by atoms with E-state index in [1.807, 2.05) is 32.0 Å². The van der Waals surface area contributed by atoms with Crippen molar-refractivity contribution in [1.82, 2.24) is 4.98 Å². The van der Waals surface area contributed by atoms with Crippen molar-refractivity contribution < 1.29 is 9.21 Å². The Morgan fingerprint density at radius 1 is 1.31 bits per heavy atom. The molecule has 0 bridgehead atoms. The first-order chi connectivity index (χ1) is 12.5. The quantitative estimate of drug-likeness (QED) is 0.729. The molecule has 0 aliphatic carbocycles. The standard InChI is InChI=1S/C20H21N3O2S/c1-4-23-10-9-14-6-7-15(11-16(14)23)22-19(24)18-13(3)21-20(26-18)17-8-5-12(2)25-17/h5-8,11H,4,9-10H2,1-3H3,(H,22,24). The van der Waals surface area contributed by atoms with Gasteiger partial charge in [-0.3, -0.25) is 4.79 Å². The van der Waals surface area contributed by atoms with E-state index in [-0.39, 0.29) is 5.91 Å². The Labute approximate surface area is 156 Å². The maximum absolute atomic E-state index is 12.8. The molecule has 1 amide bonds. The van der Waals surface area contributed by atoms with E-state index in [4.69, 9.17) is 4.42 Å². The molecule has 1 aliphatic rings. The predicted molar refractivity (Wildman–Crippen MR) is 105 cm³/mol. The van der Waals surface area contributed by atoms with Crippen LogP contribution in [0.2, 0.25) is 0 Å². The van der Waals surface area contributed by atoms with E-state index in [0.717, 1.165) is 36.0 Å². The zero-order valence-corrected chi connectivity index (χ0v) is 15.9. The van der Waals surface area contributed by atoms with Gasteiger partial charge in [0, 0.05) is 24.5 Å². The summed E-state index contributed by atoms with van der Waals surface area (Å²) in [4.78, 5) is 20.2. The summed E-state index contributed by atoms with van der Waals surface area (Å²) in [6, 6.07) is 9.93. The minimum atomic E-state index is -0.129. The van der Waals surface area contributed by atoms with Crippen molar-refractivity contribution in [3.8, 4) is 10.8 Å². The lowest BCUT2D eigenvalue weighted by Crippen LogP contribution is -2.19. The van der Waals surface area contributed by atoms with Crippen LogP contribution in [-0.2, 0) is 6.42 Å². The molecule has 5 nitrogen and oxygen atoms in total. The van der Waals surface area contributed by atoms with Gasteiger partial charge in [0.15, 0.2) is 10.8 Å². The number of hydrogen-bond donors (Lipinski definition) is 1. The normalized spacial score (nSPS) is 13.1. The van der Waals surface area contributed by atoms with Crippen molar-refractivity contribution in [2.45, 2.75) is 27.2 Å². The van der Waals surface area contributed by atoms with Crippen LogP contribution < -0.4 is 10.2 Å². The first-order valence-electron chi connectivity index (χ1n) is 8.78. The number of benzene rings is 1. The van der Waals surface area contributed by atoms with Gasteiger partial charge in [-0.05, 0) is 57.0 Å². The number of likely N-dealkylation sites (N-methyl/N-ethyl adjacent to an activating group) is 1. The molecule has 3 aromatic rings. The maximum atomic E-state index is 12.8. The molecule has 0 spiro atoms. The summed E-state index contributed by atoms with van der Waals surface area (Å²) in [5.41, 5.74) is 4.09. The average Bonchev–Trinajstić information content (AvgIpc) is 3.32. The maximum Gasteiger partial charge on any atom is 0.267 e. The van der Waals surface area contributed by atoms with E-state index < -0.39 is 0 Å². The molecule has 0 atom stereocenters. The van der Waals surface area contributed by atoms with Crippen LogP contribution in [0.15, 0.2) is 34.7 Å². The van der Waals surface area contributed by atoms with Crippen molar-refractivity contribution >= 4 is 28.6 Å². The van der Waals surface area contributed by atoms with E-state index >= 15 is 0 Å². The van der Waals surface area contributed by atoms with E-state index in [1.165, 1.54) is 22.6 Å². The van der Waals surface area contributed by atoms with Gasteiger partial charge in [-0.2, -0.15) is 0 Å². The topological polar surface area (TPSA) is 58.4 Å². The minimum Gasteiger partial charge on any atom is -0.459 e. The number of fused-ring (bicyclic) bond motifs is 1. The fourth-order valence-electron chi connectivity index (χ4n) is 3.30. The number of nitrogens with zero attached hydrogens (tertiary/aromatic N) is 2. The number of hydrogen-bond acceptors (Lipinski definition) is 5. The second-order valence-corrected chi connectivity index (χ2v) is 7.47. The molecule has 1 aromatic carbocycles. The van der Waals surface area contributed by atoms with E-state index in [9.17, 15) is 4.79 Å². The fourth-order valence-corrected chi connectivity index (χ4v) is 4.22. The van der Waals surface area contributed by atoms with E-state index in [0.29, 0.717) is 16.3 Å². The first kappa shape index (κ1) is 16.8. The molecule has 26 heavy (non-hydrogen) atoms. The summed E-state index contributed by atoms with van der Waals surface area (Å²) in [6.07, 6.45) is 1.07. The molecule has 0 saturated carbocycles. The lowest BCUT2D eigenvalue weighted by molar-refractivity contribution is 0.103. The molecule has 4 rings (SSSR count). The summed E-state index contributed by atoms with van der Waals surface area (Å²) in [5, 5.41) is 3.75. The highest BCUT2D eigenvalue weighted by atomic mass is 32.1. The van der Waals surface area contributed by atoms with Gasteiger partial charge in [0.2, 0.25) is 0 Å². The molecule has 0 fully saturated rings. The highest BCUT2D eigenvalue weighted by Crippen LogP contribution is 2.32. The molecule has 134 valence electrons. The van der Waals surface area contributed by atoms with Crippen LogP contribution in [-0.4, -0.2) is 24.0 Å². The summed E-state index contributed by atoms with van der Waals surface area (Å²) in [6.45, 7) is 7.92. The van der Waals surface area contributed by atoms with Gasteiger partial charge in [-0.25, -0.2) is 4.98 Å². The molecule has 1 N–H and O–H groups in total. The summed E-state index contributed by atoms with van der Waals surface area (Å²) in [5.74, 6) is 1.40. The number of anilines is 2. The van der Waals surface area contributed by atoms with Crippen molar-refractivity contribution in [2.75, 3.05) is 23.3 Å². The van der Waals surface area contributed by atoms with Crippen LogP contribution in [0.5, 0.6) is 0 Å². The molecular weight excluding hydrogens is 346 g/mol. The highest BCUT2D eigenvalue weighted by Gasteiger charge is 2.20. The Bertz CT molecular complexity index is 973. The number of furan rings is 1. The van der Waals surface area contributed by atoms with Crippen LogP contribution >= 0.6 is 11.3 Å². The van der Waals surface area contributed by atoms with Crippen LogP contribution in [0.1, 0.15) is 33.6 Å². The molecule has 0 unspecified atom stereocenters. The largest absolute Gasteiger partial charge is 0.459 e. The Kier molecular flexibility index (Phi) is 4.28. The summed E-state index contributed by atoms with van der Waals surface area (Å²) in [7, 11) is 0. The number of rotatable bonds is 4. The summed E-state index contributed by atoms with van der Waals surface area (Å²) < 4.78 is 5.62. The van der Waals surface area contributed by atoms with E-state index in [1.54, 1.807) is 0 Å². The third-order valence-corrected chi connectivity index (χ3v) is 5.84. The molecule has 0 saturated heterocycles. The highest BCUT2D eigenvalue weighted by molar-refractivity contribution is 7.17. The van der Waals surface area contributed by atoms with Gasteiger partial charge in [0.1, 0.15) is 10.6 Å². The monoisotopic (exact) mass is 367 g/mol. The molecule has 0 radical (unpaired) electrons. The number of aromatic nitrogens is 1. The number of carbonyl (C=O) groups excluding carboxylic acids is 1. The molecular formula is C20H21N3O2S. The third kappa shape index (κ3) is 3.01. The molecule has 2 aromatic heterocycles. The predicted octanol–water partition coefficient (Wildman–Crippen LogP) is 4.65. The molecule has 3 heterocycles. The SMILES string of the molecule is CCN1CCc2ccc(NC(=O)c3sc(-c4ccc(C)o4)nc3C)cc21. The minimum absolute atomic E-state index is 0.129. The second-order valence-electron chi connectivity index (χ2n) is 6.47. The molecule has 1 aliphatic heterocycles. The smallest absolute Gasteiger partial charge is 0.267 e. The Morgan fingerprint density at radius 2 is 2.15 bits per heavy atom. The van der Waals surface area contributed by atoms with Crippen LogP contribution in [0.4, 0.5) is 11.4 Å². The van der Waals surface area contributed by atoms with Crippen molar-refractivity contribution in [3.05, 3.63) is 52.2 Å². The van der Waals surface area contributed by atoms with Crippen molar-refractivity contribution in [1.29, 1.82) is 0 Å². The van der Waals surface area contributed by atoms with Gasteiger partial charge in [0.25, 0.3) is 5.91 Å². The lowest BCUT2D eigenvalue weighted by Gasteiger charge is -2.17. The van der Waals surface area contributed by atoms with Crippen LogP contribution in [0.3, 0.4) is 0 Å². The Hall–Kier alpha value is -2.60. The van der Waals surface area contributed by atoms with Crippen LogP contribution in [0.25, 0.3) is 10.8 Å². The number of aryl methyl sites for hydroxylation is 2. The van der Waals surface area contributed by atoms with Crippen LogP contribution in [0, 0.1) is 13.8 Å². The zero-order valence-electron chi connectivity index (χ0n) is 15.1. The Morgan fingerprint density at radius 3 is 2.88 bits per heavy atom. The number of nitrogens with one attached hydrogen (secondary N) is 1. The van der Waals surface area contributed by atoms with Gasteiger partial charge in [-0.1, -0.05) is 6.07 Å². The van der Waals surface area contributed by atoms with Crippen molar-refractivity contribution in [2.24, 2.45) is 0 Å². The number of thiazole rings is 1. The van der Waals surface area contributed by atoms with Gasteiger partial charge in [-0.15, -0.1) is 11.3 Å². The third-order valence-electron chi connectivity index (χ3n) is 4.67. The average molecular weight is 367 g/mol. The van der Waals surface area contributed by atoms with Gasteiger partial charge in [0.05, 0.1) is 5.69 Å². The van der Waals surface area contributed by atoms with Gasteiger partial charge >= 0.3 is 0 Å². The second kappa shape index (κ2) is 6.61. The number of amides is 1. The fraction of sp³-hybridized carbons (Fsp3) is 0.300. The number of carbonyl (C=O) groups is 1. The summed E-state index contributed by atoms with van der Waals surface area (Å²) >= 11 is 1.36. The van der Waals surface area contributed by atoms with Gasteiger partial charge < -0.3 is 14.6 Å². The van der Waals surface area contributed by atoms with E-state index in [2.05, 4.69) is 34.3 Å². The van der Waals surface area contributed by atoms with Crippen molar-refractivity contribution in [3.63, 3.8) is 0 Å². The Balaban J connectivity index is 1.57. The zero-order chi connectivity index (χ0) is 18.3. The molecule has 6 heteroatoms.